The van der Waals surface area contributed by atoms with Crippen molar-refractivity contribution in [3.8, 4) is 11.3 Å². The molecule has 2 atom stereocenters. The van der Waals surface area contributed by atoms with Crippen LogP contribution < -0.4 is 0 Å². The van der Waals surface area contributed by atoms with Gasteiger partial charge in [0.1, 0.15) is 0 Å². The van der Waals surface area contributed by atoms with Crippen molar-refractivity contribution >= 4 is 16.8 Å². The van der Waals surface area contributed by atoms with Crippen LogP contribution in [0.1, 0.15) is 59.2 Å². The molecule has 0 spiro atoms. The Morgan fingerprint density at radius 2 is 1.78 bits per heavy atom. The first kappa shape index (κ1) is 24.0. The number of fused-ring (bicyclic) bond motifs is 2. The van der Waals surface area contributed by atoms with Crippen molar-refractivity contribution in [3.63, 3.8) is 0 Å². The largest absolute Gasteiger partial charge is 0.327 e. The number of aromatic nitrogens is 3. The third kappa shape index (κ3) is 3.75. The van der Waals surface area contributed by atoms with Crippen LogP contribution in [0.15, 0.2) is 36.4 Å². The first-order chi connectivity index (χ1) is 17.1. The number of pyridine rings is 1. The number of aryl methyl sites for hydroxylation is 3. The second kappa shape index (κ2) is 8.76. The Morgan fingerprint density at radius 1 is 1.08 bits per heavy atom. The van der Waals surface area contributed by atoms with Crippen molar-refractivity contribution in [3.05, 3.63) is 81.9 Å². The van der Waals surface area contributed by atoms with E-state index in [0.29, 0.717) is 29.8 Å². The summed E-state index contributed by atoms with van der Waals surface area (Å²) in [5.74, 6) is -4.11. The van der Waals surface area contributed by atoms with E-state index in [0.717, 1.165) is 39.9 Å². The van der Waals surface area contributed by atoms with Gasteiger partial charge in [-0.2, -0.15) is 5.10 Å². The molecule has 5 rings (SSSR count). The zero-order chi connectivity index (χ0) is 25.9. The van der Waals surface area contributed by atoms with E-state index in [1.54, 1.807) is 11.7 Å². The Balaban J connectivity index is 1.57. The molecule has 0 aliphatic carbocycles. The van der Waals surface area contributed by atoms with Crippen molar-refractivity contribution in [2.45, 2.75) is 52.6 Å². The minimum atomic E-state index is -1.50. The van der Waals surface area contributed by atoms with Crippen molar-refractivity contribution in [2.75, 3.05) is 0 Å². The second-order valence-electron chi connectivity index (χ2n) is 9.56. The fourth-order valence-electron chi connectivity index (χ4n) is 5.50. The number of rotatable bonds is 3. The number of nitrogens with zero attached hydrogens (tertiary/aromatic N) is 4. The van der Waals surface area contributed by atoms with Crippen LogP contribution in [0, 0.1) is 31.3 Å². The molecule has 0 saturated carbocycles. The molecule has 8 heteroatoms. The Kier molecular flexibility index (Phi) is 5.85. The lowest BCUT2D eigenvalue weighted by Crippen LogP contribution is -2.46. The Hall–Kier alpha value is -3.68. The van der Waals surface area contributed by atoms with Crippen LogP contribution in [-0.2, 0) is 13.5 Å². The molecule has 1 amide bonds. The van der Waals surface area contributed by atoms with Crippen molar-refractivity contribution in [2.24, 2.45) is 7.05 Å². The van der Waals surface area contributed by atoms with Crippen LogP contribution in [-0.4, -0.2) is 31.6 Å². The number of carbonyl (C=O) groups is 1. The molecule has 0 saturated heterocycles. The summed E-state index contributed by atoms with van der Waals surface area (Å²) in [6, 6.07) is 9.07. The van der Waals surface area contributed by atoms with E-state index in [9.17, 15) is 18.0 Å². The lowest BCUT2D eigenvalue weighted by molar-refractivity contribution is 0.0545. The average Bonchev–Trinajstić information content (AvgIpc) is 3.17. The summed E-state index contributed by atoms with van der Waals surface area (Å²) in [5, 5.41) is 5.64. The van der Waals surface area contributed by atoms with Gasteiger partial charge < -0.3 is 4.90 Å². The predicted octanol–water partition coefficient (Wildman–Crippen LogP) is 6.21. The Labute approximate surface area is 207 Å². The number of amides is 1. The zero-order valence-electron chi connectivity index (χ0n) is 20.9. The molecular weight excluding hydrogens is 465 g/mol. The minimum absolute atomic E-state index is 0.117. The Morgan fingerprint density at radius 3 is 2.44 bits per heavy atom. The standard InChI is InChI=1S/C28H27F3N4O/c1-6-19-13-21-26(33-34(5)27(21)18-10-22(29)25(31)23(30)11-18)16(4)35(19)28(36)17-7-8-20-14(2)9-15(3)32-24(20)12-17/h7-12,16,19H,6,13H2,1-5H3. The summed E-state index contributed by atoms with van der Waals surface area (Å²) in [5.41, 5.74) is 5.55. The molecule has 3 heterocycles. The minimum Gasteiger partial charge on any atom is -0.327 e. The predicted molar refractivity (Wildman–Crippen MR) is 132 cm³/mol. The molecule has 2 aromatic carbocycles. The highest BCUT2D eigenvalue weighted by Gasteiger charge is 2.39. The third-order valence-electron chi connectivity index (χ3n) is 7.18. The van der Waals surface area contributed by atoms with Gasteiger partial charge in [-0.25, -0.2) is 13.2 Å². The molecule has 36 heavy (non-hydrogen) atoms. The number of hydrogen-bond donors (Lipinski definition) is 0. The monoisotopic (exact) mass is 492 g/mol. The Bertz CT molecular complexity index is 1500. The number of hydrogen-bond acceptors (Lipinski definition) is 3. The lowest BCUT2D eigenvalue weighted by atomic mass is 9.88. The smallest absolute Gasteiger partial charge is 0.254 e. The first-order valence-corrected chi connectivity index (χ1v) is 12.0. The van der Waals surface area contributed by atoms with Crippen molar-refractivity contribution in [1.29, 1.82) is 0 Å². The quantitative estimate of drug-likeness (QED) is 0.320. The van der Waals surface area contributed by atoms with Gasteiger partial charge in [-0.3, -0.25) is 14.5 Å². The van der Waals surface area contributed by atoms with Crippen LogP contribution in [0.3, 0.4) is 0 Å². The van der Waals surface area contributed by atoms with E-state index in [1.165, 1.54) is 0 Å². The maximum atomic E-state index is 14.0. The van der Waals surface area contributed by atoms with Crippen molar-refractivity contribution < 1.29 is 18.0 Å². The van der Waals surface area contributed by atoms with Crippen LogP contribution >= 0.6 is 0 Å². The molecule has 0 fully saturated rings. The highest BCUT2D eigenvalue weighted by atomic mass is 19.2. The van der Waals surface area contributed by atoms with E-state index in [-0.39, 0.29) is 23.6 Å². The van der Waals surface area contributed by atoms with Gasteiger partial charge in [0.2, 0.25) is 0 Å². The van der Waals surface area contributed by atoms with Gasteiger partial charge in [0, 0.05) is 40.9 Å². The van der Waals surface area contributed by atoms with E-state index < -0.39 is 17.5 Å². The summed E-state index contributed by atoms with van der Waals surface area (Å²) in [6.07, 6.45) is 1.15. The highest BCUT2D eigenvalue weighted by molar-refractivity contribution is 5.99. The SMILES string of the molecule is CCC1Cc2c(nn(C)c2-c2cc(F)c(F)c(F)c2)C(C)N1C(=O)c1ccc2c(C)cc(C)nc2c1. The molecule has 1 aliphatic rings. The molecule has 0 N–H and O–H groups in total. The molecule has 186 valence electrons. The van der Waals surface area contributed by atoms with Gasteiger partial charge in [0.05, 0.1) is 22.9 Å². The number of halogens is 3. The molecule has 0 radical (unpaired) electrons. The molecule has 5 nitrogen and oxygen atoms in total. The second-order valence-corrected chi connectivity index (χ2v) is 9.56. The summed E-state index contributed by atoms with van der Waals surface area (Å²) < 4.78 is 43.2. The maximum Gasteiger partial charge on any atom is 0.254 e. The van der Waals surface area contributed by atoms with Crippen molar-refractivity contribution in [1.82, 2.24) is 19.7 Å². The highest BCUT2D eigenvalue weighted by Crippen LogP contribution is 2.40. The average molecular weight is 493 g/mol. The number of benzene rings is 2. The molecule has 4 aromatic rings. The normalized spacial score (nSPS) is 17.5. The molecule has 1 aliphatic heterocycles. The fourth-order valence-corrected chi connectivity index (χ4v) is 5.50. The van der Waals surface area contributed by atoms with Gasteiger partial charge in [-0.15, -0.1) is 0 Å². The topological polar surface area (TPSA) is 51.0 Å². The molecular formula is C28H27F3N4O. The van der Waals surface area contributed by atoms with Gasteiger partial charge >= 0.3 is 0 Å². The summed E-state index contributed by atoms with van der Waals surface area (Å²) in [4.78, 5) is 20.3. The number of carbonyl (C=O) groups excluding carboxylic acids is 1. The summed E-state index contributed by atoms with van der Waals surface area (Å²) in [6.45, 7) is 7.87. The van der Waals surface area contributed by atoms with Crippen LogP contribution in [0.5, 0.6) is 0 Å². The van der Waals surface area contributed by atoms with Crippen LogP contribution in [0.4, 0.5) is 13.2 Å². The van der Waals surface area contributed by atoms with E-state index in [2.05, 4.69) is 10.1 Å². The van der Waals surface area contributed by atoms with Gasteiger partial charge in [-0.1, -0.05) is 13.0 Å². The maximum absolute atomic E-state index is 14.0. The van der Waals surface area contributed by atoms with Gasteiger partial charge in [0.25, 0.3) is 5.91 Å². The van der Waals surface area contributed by atoms with E-state index >= 15 is 0 Å². The van der Waals surface area contributed by atoms with E-state index in [4.69, 9.17) is 0 Å². The fraction of sp³-hybridized carbons (Fsp3) is 0.321. The first-order valence-electron chi connectivity index (χ1n) is 12.0. The lowest BCUT2D eigenvalue weighted by Gasteiger charge is -2.40. The molecule has 0 bridgehead atoms. The third-order valence-corrected chi connectivity index (χ3v) is 7.18. The van der Waals surface area contributed by atoms with Crippen LogP contribution in [0.2, 0.25) is 0 Å². The zero-order valence-corrected chi connectivity index (χ0v) is 20.9. The molecule has 2 aromatic heterocycles. The van der Waals surface area contributed by atoms with E-state index in [1.807, 2.05) is 56.9 Å². The van der Waals surface area contributed by atoms with Gasteiger partial charge in [0.15, 0.2) is 17.5 Å². The summed E-state index contributed by atoms with van der Waals surface area (Å²) in [7, 11) is 1.69. The summed E-state index contributed by atoms with van der Waals surface area (Å²) >= 11 is 0. The molecule has 2 unspecified atom stereocenters. The van der Waals surface area contributed by atoms with Crippen LogP contribution in [0.25, 0.3) is 22.2 Å². The van der Waals surface area contributed by atoms with Gasteiger partial charge in [-0.05, 0) is 69.5 Å².